The second-order valence-electron chi connectivity index (χ2n) is 12.6. The second-order valence-corrected chi connectivity index (χ2v) is 14.8. The highest BCUT2D eigenvalue weighted by atomic mass is 32.2. The van der Waals surface area contributed by atoms with Gasteiger partial charge in [0.25, 0.3) is 0 Å². The summed E-state index contributed by atoms with van der Waals surface area (Å²) < 4.78 is 10.3. The number of hydrogen-bond donors (Lipinski definition) is 0. The number of fused-ring (bicyclic) bond motifs is 1. The molecule has 0 amide bonds. The van der Waals surface area contributed by atoms with Gasteiger partial charge in [-0.3, -0.25) is 0 Å². The van der Waals surface area contributed by atoms with Crippen molar-refractivity contribution >= 4 is 46.2 Å². The van der Waals surface area contributed by atoms with Gasteiger partial charge in [-0.2, -0.15) is 0 Å². The van der Waals surface area contributed by atoms with E-state index >= 15 is 0 Å². The Bertz CT molecular complexity index is 1480. The number of rotatable bonds is 20. The molecule has 0 atom stereocenters. The topological polar surface area (TPSA) is 52.6 Å². The lowest BCUT2D eigenvalue weighted by atomic mass is 10.0. The minimum absolute atomic E-state index is 0.404. The van der Waals surface area contributed by atoms with E-state index in [9.17, 15) is 9.59 Å². The van der Waals surface area contributed by atoms with Crippen LogP contribution in [0.15, 0.2) is 92.4 Å². The minimum atomic E-state index is -0.404. The van der Waals surface area contributed by atoms with Crippen LogP contribution < -0.4 is 0 Å². The summed E-state index contributed by atoms with van der Waals surface area (Å²) in [6, 6.07) is 25.1. The number of methoxy groups -OCH3 is 2. The van der Waals surface area contributed by atoms with Gasteiger partial charge in [0.05, 0.1) is 25.3 Å². The van der Waals surface area contributed by atoms with Crippen LogP contribution >= 0.6 is 23.5 Å². The van der Waals surface area contributed by atoms with E-state index in [2.05, 4.69) is 62.4 Å². The van der Waals surface area contributed by atoms with Crippen molar-refractivity contribution in [1.29, 1.82) is 0 Å². The fraction of sp³-hybridized carbons (Fsp3) is 0.429. The molecule has 4 nitrogen and oxygen atoms in total. The first-order valence-corrected chi connectivity index (χ1v) is 19.4. The Morgan fingerprint density at radius 2 is 0.854 bits per heavy atom. The van der Waals surface area contributed by atoms with E-state index in [1.807, 2.05) is 24.3 Å². The van der Waals surface area contributed by atoms with E-state index in [0.717, 1.165) is 43.2 Å². The molecule has 0 saturated heterocycles. The fourth-order valence-corrected chi connectivity index (χ4v) is 7.87. The molecule has 0 unspecified atom stereocenters. The average molecular weight is 685 g/mol. The Morgan fingerprint density at radius 3 is 1.23 bits per heavy atom. The van der Waals surface area contributed by atoms with E-state index in [-0.39, 0.29) is 0 Å². The van der Waals surface area contributed by atoms with Crippen LogP contribution in [0, 0.1) is 0 Å². The van der Waals surface area contributed by atoms with Crippen molar-refractivity contribution in [2.75, 3.05) is 14.2 Å². The van der Waals surface area contributed by atoms with Gasteiger partial charge in [0.1, 0.15) is 0 Å². The molecule has 0 aliphatic heterocycles. The third-order valence-corrected chi connectivity index (χ3v) is 10.9. The van der Waals surface area contributed by atoms with Crippen LogP contribution in [-0.2, 0) is 22.3 Å². The lowest BCUT2D eigenvalue weighted by Crippen LogP contribution is -2.05. The lowest BCUT2D eigenvalue weighted by Gasteiger charge is -2.14. The van der Waals surface area contributed by atoms with Crippen molar-refractivity contribution in [3.8, 4) is 0 Å². The quantitative estimate of drug-likeness (QED) is 0.0682. The number of unbranched alkanes of at least 4 members (excludes halogenated alkanes) is 10. The second kappa shape index (κ2) is 20.3. The maximum absolute atomic E-state index is 12.9. The van der Waals surface area contributed by atoms with Crippen LogP contribution in [-0.4, -0.2) is 26.2 Å². The van der Waals surface area contributed by atoms with Crippen molar-refractivity contribution in [2.24, 2.45) is 0 Å². The van der Waals surface area contributed by atoms with Crippen molar-refractivity contribution < 1.29 is 19.1 Å². The number of ether oxygens (including phenoxy) is 2. The molecule has 0 aliphatic rings. The van der Waals surface area contributed by atoms with Crippen LogP contribution in [0.4, 0.5) is 0 Å². The Morgan fingerprint density at radius 1 is 0.500 bits per heavy atom. The minimum Gasteiger partial charge on any atom is -0.465 e. The number of aryl methyl sites for hydroxylation is 2. The molecule has 256 valence electrons. The first-order chi connectivity index (χ1) is 23.4. The third-order valence-electron chi connectivity index (χ3n) is 8.79. The predicted molar refractivity (Wildman–Crippen MR) is 202 cm³/mol. The zero-order valence-corrected chi connectivity index (χ0v) is 30.9. The molecule has 0 bridgehead atoms. The molecule has 48 heavy (non-hydrogen) atoms. The molecule has 0 heterocycles. The molecule has 0 N–H and O–H groups in total. The van der Waals surface area contributed by atoms with Gasteiger partial charge in [-0.1, -0.05) is 126 Å². The number of carbonyl (C=O) groups excluding carboxylic acids is 2. The standard InChI is InChI=1S/C42H52O4S2/c1-5-7-9-11-13-15-17-31-19-23-35(24-20-31)47-39-29-34-30-40(38(42(44)46-4)28-33(34)27-37(39)41(43)45-3)48-36-25-21-32(22-26-36)18-16-14-12-10-8-6-2/h19-30H,5-18H2,1-4H3. The number of carbonyl (C=O) groups is 2. The summed E-state index contributed by atoms with van der Waals surface area (Å²) in [5.41, 5.74) is 3.63. The van der Waals surface area contributed by atoms with E-state index < -0.39 is 11.9 Å². The molecular weight excluding hydrogens is 633 g/mol. The van der Waals surface area contributed by atoms with Gasteiger partial charge in [0, 0.05) is 19.6 Å². The fourth-order valence-electron chi connectivity index (χ4n) is 5.94. The molecule has 0 aliphatic carbocycles. The summed E-state index contributed by atoms with van der Waals surface area (Å²) in [7, 11) is 2.80. The summed E-state index contributed by atoms with van der Waals surface area (Å²) in [5.74, 6) is -0.809. The molecule has 0 aromatic heterocycles. The first-order valence-electron chi connectivity index (χ1n) is 17.8. The maximum atomic E-state index is 12.9. The lowest BCUT2D eigenvalue weighted by molar-refractivity contribution is 0.0589. The molecule has 4 rings (SSSR count). The van der Waals surface area contributed by atoms with E-state index in [1.54, 1.807) is 23.5 Å². The van der Waals surface area contributed by atoms with E-state index in [4.69, 9.17) is 9.47 Å². The summed E-state index contributed by atoms with van der Waals surface area (Å²) >= 11 is 3.12. The smallest absolute Gasteiger partial charge is 0.339 e. The highest BCUT2D eigenvalue weighted by molar-refractivity contribution is 7.99. The van der Waals surface area contributed by atoms with Crippen LogP contribution in [0.2, 0.25) is 0 Å². The molecule has 4 aromatic rings. The van der Waals surface area contributed by atoms with Gasteiger partial charge < -0.3 is 9.47 Å². The zero-order valence-electron chi connectivity index (χ0n) is 29.3. The molecule has 6 heteroatoms. The number of hydrogen-bond acceptors (Lipinski definition) is 6. The highest BCUT2D eigenvalue weighted by Gasteiger charge is 2.19. The highest BCUT2D eigenvalue weighted by Crippen LogP contribution is 2.38. The summed E-state index contributed by atoms with van der Waals surface area (Å²) in [6.07, 6.45) is 17.6. The molecular formula is C42H52O4S2. The molecule has 0 spiro atoms. The summed E-state index contributed by atoms with van der Waals surface area (Å²) in [6.45, 7) is 4.50. The first kappa shape index (κ1) is 37.6. The van der Waals surface area contributed by atoms with Gasteiger partial charge in [-0.25, -0.2) is 9.59 Å². The van der Waals surface area contributed by atoms with Crippen LogP contribution in [0.1, 0.15) is 123 Å². The van der Waals surface area contributed by atoms with Crippen LogP contribution in [0.5, 0.6) is 0 Å². The van der Waals surface area contributed by atoms with Gasteiger partial charge in [-0.15, -0.1) is 0 Å². The van der Waals surface area contributed by atoms with E-state index in [0.29, 0.717) is 11.1 Å². The number of esters is 2. The average Bonchev–Trinajstić information content (AvgIpc) is 3.11. The largest absolute Gasteiger partial charge is 0.465 e. The Kier molecular flexibility index (Phi) is 15.9. The summed E-state index contributed by atoms with van der Waals surface area (Å²) in [4.78, 5) is 29.6. The van der Waals surface area contributed by atoms with Gasteiger partial charge >= 0.3 is 11.9 Å². The molecule has 4 aromatic carbocycles. The number of benzene rings is 4. The zero-order chi connectivity index (χ0) is 34.1. The van der Waals surface area contributed by atoms with Gasteiger partial charge in [-0.05, 0) is 96.1 Å². The maximum Gasteiger partial charge on any atom is 0.339 e. The van der Waals surface area contributed by atoms with Gasteiger partial charge in [0.15, 0.2) is 0 Å². The summed E-state index contributed by atoms with van der Waals surface area (Å²) in [5, 5.41) is 1.73. The van der Waals surface area contributed by atoms with Crippen molar-refractivity contribution in [3.63, 3.8) is 0 Å². The Labute approximate surface area is 296 Å². The molecule has 0 radical (unpaired) electrons. The SMILES string of the molecule is CCCCCCCCc1ccc(Sc2cc3cc(Sc4ccc(CCCCCCCC)cc4)c(C(=O)OC)cc3cc2C(=O)OC)cc1. The third kappa shape index (κ3) is 11.4. The van der Waals surface area contributed by atoms with Crippen molar-refractivity contribution in [2.45, 2.75) is 123 Å². The van der Waals surface area contributed by atoms with Crippen molar-refractivity contribution in [3.05, 3.63) is 95.1 Å². The van der Waals surface area contributed by atoms with Crippen molar-refractivity contribution in [1.82, 2.24) is 0 Å². The Hall–Kier alpha value is -3.22. The van der Waals surface area contributed by atoms with E-state index in [1.165, 1.54) is 102 Å². The van der Waals surface area contributed by atoms with Crippen LogP contribution in [0.3, 0.4) is 0 Å². The molecule has 0 fully saturated rings. The van der Waals surface area contributed by atoms with Crippen LogP contribution in [0.25, 0.3) is 10.8 Å². The predicted octanol–water partition coefficient (Wildman–Crippen LogP) is 12.5. The Balaban J connectivity index is 1.53. The van der Waals surface area contributed by atoms with Gasteiger partial charge in [0.2, 0.25) is 0 Å². The molecule has 0 saturated carbocycles. The monoisotopic (exact) mass is 684 g/mol. The normalized spacial score (nSPS) is 11.2.